The molecular formula is C12H13O5P. The summed E-state index contributed by atoms with van der Waals surface area (Å²) in [6, 6.07) is 12.8. The Morgan fingerprint density at radius 2 is 1.78 bits per heavy atom. The molecule has 0 aliphatic carbocycles. The molecule has 6 heteroatoms. The van der Waals surface area contributed by atoms with Gasteiger partial charge in [-0.25, -0.2) is 4.57 Å². The van der Waals surface area contributed by atoms with Crippen LogP contribution in [-0.2, 0) is 9.09 Å². The van der Waals surface area contributed by atoms with Crippen molar-refractivity contribution < 1.29 is 24.0 Å². The molecule has 0 fully saturated rings. The largest absolute Gasteiger partial charge is 0.470 e. The van der Waals surface area contributed by atoms with E-state index in [0.29, 0.717) is 5.56 Å². The third-order valence-electron chi connectivity index (χ3n) is 2.58. The fourth-order valence-electron chi connectivity index (χ4n) is 1.77. The lowest BCUT2D eigenvalue weighted by Gasteiger charge is -2.16. The van der Waals surface area contributed by atoms with Crippen molar-refractivity contribution in [2.45, 2.75) is 6.10 Å². The van der Waals surface area contributed by atoms with E-state index in [0.717, 1.165) is 10.8 Å². The van der Waals surface area contributed by atoms with Gasteiger partial charge in [0, 0.05) is 0 Å². The van der Waals surface area contributed by atoms with Crippen molar-refractivity contribution in [3.05, 3.63) is 48.0 Å². The van der Waals surface area contributed by atoms with Gasteiger partial charge in [-0.15, -0.1) is 0 Å². The standard InChI is InChI=1S/C12H13O5P/c13-8-12(17-18(14,15)16)11-6-5-9-3-1-2-4-10(9)7-11/h1-7,12-13H,8H2,(H2,14,15,16). The lowest BCUT2D eigenvalue weighted by molar-refractivity contribution is 0.0803. The summed E-state index contributed by atoms with van der Waals surface area (Å²) in [4.78, 5) is 17.5. The van der Waals surface area contributed by atoms with Gasteiger partial charge in [0.1, 0.15) is 6.10 Å². The van der Waals surface area contributed by atoms with Gasteiger partial charge in [0.2, 0.25) is 0 Å². The van der Waals surface area contributed by atoms with Crippen molar-refractivity contribution >= 4 is 18.6 Å². The first-order chi connectivity index (χ1) is 8.49. The van der Waals surface area contributed by atoms with Crippen molar-refractivity contribution in [3.63, 3.8) is 0 Å². The first-order valence-corrected chi connectivity index (χ1v) is 6.86. The number of phosphoric ester groups is 1. The van der Waals surface area contributed by atoms with E-state index in [2.05, 4.69) is 4.52 Å². The van der Waals surface area contributed by atoms with Gasteiger partial charge in [-0.2, -0.15) is 0 Å². The topological polar surface area (TPSA) is 87.0 Å². The lowest BCUT2D eigenvalue weighted by Crippen LogP contribution is -2.07. The first kappa shape index (κ1) is 13.2. The van der Waals surface area contributed by atoms with E-state index >= 15 is 0 Å². The number of benzene rings is 2. The van der Waals surface area contributed by atoms with E-state index < -0.39 is 20.5 Å². The Bertz CT molecular complexity index is 592. The second-order valence-electron chi connectivity index (χ2n) is 3.87. The second kappa shape index (κ2) is 5.18. The van der Waals surface area contributed by atoms with Gasteiger partial charge in [-0.05, 0) is 22.4 Å². The number of phosphoric acid groups is 1. The molecule has 5 nitrogen and oxygen atoms in total. The van der Waals surface area contributed by atoms with Crippen molar-refractivity contribution in [1.82, 2.24) is 0 Å². The molecule has 2 aromatic rings. The van der Waals surface area contributed by atoms with Crippen LogP contribution in [0.5, 0.6) is 0 Å². The number of aliphatic hydroxyl groups excluding tert-OH is 1. The SMILES string of the molecule is O=P(O)(O)OC(CO)c1ccc2ccccc2c1. The van der Waals surface area contributed by atoms with Gasteiger partial charge in [-0.1, -0.05) is 36.4 Å². The Balaban J connectivity index is 2.36. The fraction of sp³-hybridized carbons (Fsp3) is 0.167. The summed E-state index contributed by atoms with van der Waals surface area (Å²) in [5.74, 6) is 0. The van der Waals surface area contributed by atoms with Crippen LogP contribution >= 0.6 is 7.82 Å². The average Bonchev–Trinajstić information content (AvgIpc) is 2.34. The molecule has 0 bridgehead atoms. The second-order valence-corrected chi connectivity index (χ2v) is 5.07. The van der Waals surface area contributed by atoms with Crippen LogP contribution in [0, 0.1) is 0 Å². The molecule has 0 aliphatic rings. The monoisotopic (exact) mass is 268 g/mol. The minimum Gasteiger partial charge on any atom is -0.393 e. The van der Waals surface area contributed by atoms with Crippen molar-refractivity contribution in [2.75, 3.05) is 6.61 Å². The number of rotatable bonds is 4. The predicted octanol–water partition coefficient (Wildman–Crippen LogP) is 1.98. The third-order valence-corrected chi connectivity index (χ3v) is 3.10. The molecule has 0 amide bonds. The van der Waals surface area contributed by atoms with Crippen LogP contribution in [-0.4, -0.2) is 21.5 Å². The maximum atomic E-state index is 10.8. The average molecular weight is 268 g/mol. The zero-order valence-electron chi connectivity index (χ0n) is 9.43. The number of fused-ring (bicyclic) bond motifs is 1. The van der Waals surface area contributed by atoms with Crippen LogP contribution in [0.15, 0.2) is 42.5 Å². The van der Waals surface area contributed by atoms with Gasteiger partial charge in [0.15, 0.2) is 0 Å². The van der Waals surface area contributed by atoms with Crippen LogP contribution in [0.25, 0.3) is 10.8 Å². The first-order valence-electron chi connectivity index (χ1n) is 5.33. The Labute approximate surface area is 104 Å². The minimum atomic E-state index is -4.62. The fourth-order valence-corrected chi connectivity index (χ4v) is 2.29. The Hall–Kier alpha value is -1.23. The molecule has 0 spiro atoms. The predicted molar refractivity (Wildman–Crippen MR) is 66.9 cm³/mol. The lowest BCUT2D eigenvalue weighted by atomic mass is 10.0. The van der Waals surface area contributed by atoms with E-state index in [9.17, 15) is 4.57 Å². The maximum absolute atomic E-state index is 10.8. The highest BCUT2D eigenvalue weighted by Gasteiger charge is 2.23. The molecule has 96 valence electrons. The van der Waals surface area contributed by atoms with E-state index in [1.807, 2.05) is 30.3 Å². The van der Waals surface area contributed by atoms with Crippen LogP contribution in [0.3, 0.4) is 0 Å². The molecule has 2 rings (SSSR count). The summed E-state index contributed by atoms with van der Waals surface area (Å²) in [6.07, 6.45) is -1.03. The highest BCUT2D eigenvalue weighted by atomic mass is 31.2. The summed E-state index contributed by atoms with van der Waals surface area (Å²) >= 11 is 0. The van der Waals surface area contributed by atoms with Crippen molar-refractivity contribution in [3.8, 4) is 0 Å². The minimum absolute atomic E-state index is 0.497. The number of hydrogen-bond acceptors (Lipinski definition) is 3. The molecule has 18 heavy (non-hydrogen) atoms. The normalized spacial score (nSPS) is 13.7. The molecule has 0 saturated carbocycles. The molecule has 3 N–H and O–H groups in total. The zero-order chi connectivity index (χ0) is 13.2. The molecule has 0 saturated heterocycles. The quantitative estimate of drug-likeness (QED) is 0.738. The summed E-state index contributed by atoms with van der Waals surface area (Å²) in [5.41, 5.74) is 0.527. The van der Waals surface area contributed by atoms with Crippen LogP contribution in [0.2, 0.25) is 0 Å². The molecule has 0 aliphatic heterocycles. The van der Waals surface area contributed by atoms with Gasteiger partial charge in [0.25, 0.3) is 0 Å². The van der Waals surface area contributed by atoms with Gasteiger partial charge < -0.3 is 14.9 Å². The van der Waals surface area contributed by atoms with E-state index in [1.54, 1.807) is 12.1 Å². The summed E-state index contributed by atoms with van der Waals surface area (Å²) < 4.78 is 15.3. The summed E-state index contributed by atoms with van der Waals surface area (Å²) in [5, 5.41) is 11.1. The van der Waals surface area contributed by atoms with Gasteiger partial charge >= 0.3 is 7.82 Å². The Morgan fingerprint density at radius 1 is 1.11 bits per heavy atom. The molecule has 1 atom stereocenters. The molecule has 0 aromatic heterocycles. The smallest absolute Gasteiger partial charge is 0.393 e. The molecule has 0 radical (unpaired) electrons. The maximum Gasteiger partial charge on any atom is 0.470 e. The van der Waals surface area contributed by atoms with E-state index in [-0.39, 0.29) is 0 Å². The highest BCUT2D eigenvalue weighted by Crippen LogP contribution is 2.42. The van der Waals surface area contributed by atoms with Gasteiger partial charge in [0.05, 0.1) is 6.61 Å². The molecule has 1 unspecified atom stereocenters. The van der Waals surface area contributed by atoms with Crippen LogP contribution < -0.4 is 0 Å². The van der Waals surface area contributed by atoms with Crippen molar-refractivity contribution in [2.24, 2.45) is 0 Å². The van der Waals surface area contributed by atoms with Crippen molar-refractivity contribution in [1.29, 1.82) is 0 Å². The number of hydrogen-bond donors (Lipinski definition) is 3. The molecule has 0 heterocycles. The highest BCUT2D eigenvalue weighted by molar-refractivity contribution is 7.46. The third kappa shape index (κ3) is 3.16. The van der Waals surface area contributed by atoms with E-state index in [4.69, 9.17) is 14.9 Å². The molecule has 2 aromatic carbocycles. The Kier molecular flexibility index (Phi) is 3.80. The summed E-state index contributed by atoms with van der Waals surface area (Å²) in [7, 11) is -4.62. The number of aliphatic hydroxyl groups is 1. The van der Waals surface area contributed by atoms with Crippen LogP contribution in [0.4, 0.5) is 0 Å². The van der Waals surface area contributed by atoms with E-state index in [1.165, 1.54) is 0 Å². The Morgan fingerprint density at radius 3 is 2.39 bits per heavy atom. The molecular weight excluding hydrogens is 255 g/mol. The van der Waals surface area contributed by atoms with Gasteiger partial charge in [-0.3, -0.25) is 4.52 Å². The summed E-state index contributed by atoms with van der Waals surface area (Å²) in [6.45, 7) is -0.497. The van der Waals surface area contributed by atoms with Crippen LogP contribution in [0.1, 0.15) is 11.7 Å². The zero-order valence-corrected chi connectivity index (χ0v) is 10.3.